The monoisotopic (exact) mass is 234 g/mol. The van der Waals surface area contributed by atoms with Crippen molar-refractivity contribution in [2.24, 2.45) is 10.6 Å². The molecule has 0 bridgehead atoms. The molecule has 1 amide bonds. The topological polar surface area (TPSA) is 89.3 Å². The number of amides is 1. The van der Waals surface area contributed by atoms with E-state index in [1.807, 2.05) is 6.92 Å². The van der Waals surface area contributed by atoms with Gasteiger partial charge in [0.1, 0.15) is 0 Å². The molecule has 0 atom stereocenters. The molecule has 15 heavy (non-hydrogen) atoms. The zero-order valence-electron chi connectivity index (χ0n) is 8.95. The highest BCUT2D eigenvalue weighted by molar-refractivity contribution is 7.89. The molecule has 0 heterocycles. The Hall–Kier alpha value is -0.620. The normalized spacial score (nSPS) is 20.1. The SMILES string of the molecule is CC1(C(=O)NCCS(N)(=O)=O)CCCC1. The first kappa shape index (κ1) is 12.4. The molecule has 5 nitrogen and oxygen atoms in total. The standard InChI is InChI=1S/C9H18N2O3S/c1-9(4-2-3-5-9)8(12)11-6-7-15(10,13)14/h2-7H2,1H3,(H,11,12)(H2,10,13,14). The van der Waals surface area contributed by atoms with Gasteiger partial charge in [-0.3, -0.25) is 4.79 Å². The Morgan fingerprint density at radius 1 is 1.40 bits per heavy atom. The Morgan fingerprint density at radius 2 is 1.93 bits per heavy atom. The van der Waals surface area contributed by atoms with Gasteiger partial charge in [-0.1, -0.05) is 19.8 Å². The summed E-state index contributed by atoms with van der Waals surface area (Å²) in [5.41, 5.74) is -0.307. The van der Waals surface area contributed by atoms with Crippen LogP contribution in [-0.2, 0) is 14.8 Å². The predicted octanol–water partition coefficient (Wildman–Crippen LogP) is -0.0286. The highest BCUT2D eigenvalue weighted by atomic mass is 32.2. The number of hydrogen-bond acceptors (Lipinski definition) is 3. The fourth-order valence-corrected chi connectivity index (χ4v) is 2.29. The van der Waals surface area contributed by atoms with E-state index in [1.54, 1.807) is 0 Å². The number of sulfonamides is 1. The van der Waals surface area contributed by atoms with Crippen molar-refractivity contribution in [1.82, 2.24) is 5.32 Å². The molecule has 6 heteroatoms. The fraction of sp³-hybridized carbons (Fsp3) is 0.889. The van der Waals surface area contributed by atoms with Crippen LogP contribution in [0.15, 0.2) is 0 Å². The van der Waals surface area contributed by atoms with Crippen molar-refractivity contribution in [3.8, 4) is 0 Å². The van der Waals surface area contributed by atoms with E-state index in [4.69, 9.17) is 5.14 Å². The molecule has 3 N–H and O–H groups in total. The van der Waals surface area contributed by atoms with Crippen LogP contribution >= 0.6 is 0 Å². The van der Waals surface area contributed by atoms with Crippen LogP contribution in [-0.4, -0.2) is 26.6 Å². The van der Waals surface area contributed by atoms with Crippen molar-refractivity contribution in [2.75, 3.05) is 12.3 Å². The molecule has 1 fully saturated rings. The Labute approximate surface area is 90.5 Å². The van der Waals surface area contributed by atoms with Gasteiger partial charge >= 0.3 is 0 Å². The summed E-state index contributed by atoms with van der Waals surface area (Å²) in [6.45, 7) is 2.03. The number of nitrogens with one attached hydrogen (secondary N) is 1. The van der Waals surface area contributed by atoms with Crippen LogP contribution in [0.1, 0.15) is 32.6 Å². The first-order chi connectivity index (χ1) is 6.83. The molecule has 0 aliphatic heterocycles. The molecule has 0 unspecified atom stereocenters. The maximum Gasteiger partial charge on any atom is 0.225 e. The minimum atomic E-state index is -3.48. The highest BCUT2D eigenvalue weighted by Gasteiger charge is 2.35. The number of rotatable bonds is 4. The molecule has 0 saturated heterocycles. The summed E-state index contributed by atoms with van der Waals surface area (Å²) < 4.78 is 21.3. The first-order valence-electron chi connectivity index (χ1n) is 5.12. The van der Waals surface area contributed by atoms with Gasteiger partial charge in [0.25, 0.3) is 0 Å². The third-order valence-electron chi connectivity index (χ3n) is 2.93. The van der Waals surface area contributed by atoms with E-state index in [9.17, 15) is 13.2 Å². The Morgan fingerprint density at radius 3 is 2.40 bits per heavy atom. The average Bonchev–Trinajstić information content (AvgIpc) is 2.51. The molecule has 0 aromatic carbocycles. The summed E-state index contributed by atoms with van der Waals surface area (Å²) in [7, 11) is -3.48. The van der Waals surface area contributed by atoms with E-state index < -0.39 is 10.0 Å². The van der Waals surface area contributed by atoms with Gasteiger partial charge in [-0.25, -0.2) is 13.6 Å². The minimum absolute atomic E-state index is 0.0522. The van der Waals surface area contributed by atoms with Crippen LogP contribution in [0.25, 0.3) is 0 Å². The van der Waals surface area contributed by atoms with Gasteiger partial charge in [0.15, 0.2) is 0 Å². The number of carbonyl (C=O) groups excluding carboxylic acids is 1. The van der Waals surface area contributed by atoms with Gasteiger partial charge in [0, 0.05) is 12.0 Å². The number of hydrogen-bond donors (Lipinski definition) is 2. The minimum Gasteiger partial charge on any atom is -0.355 e. The van der Waals surface area contributed by atoms with Crippen molar-refractivity contribution in [1.29, 1.82) is 0 Å². The van der Waals surface area contributed by atoms with Gasteiger partial charge in [-0.15, -0.1) is 0 Å². The second-order valence-corrected chi connectivity index (χ2v) is 6.12. The van der Waals surface area contributed by atoms with Gasteiger partial charge < -0.3 is 5.32 Å². The summed E-state index contributed by atoms with van der Waals surface area (Å²) in [5, 5.41) is 7.45. The zero-order chi connectivity index (χ0) is 11.5. The quantitative estimate of drug-likeness (QED) is 0.716. The molecule has 1 aliphatic rings. The fourth-order valence-electron chi connectivity index (χ4n) is 1.90. The number of nitrogens with two attached hydrogens (primary N) is 1. The summed E-state index contributed by atoms with van der Waals surface area (Å²) in [6.07, 6.45) is 3.90. The van der Waals surface area contributed by atoms with E-state index in [0.717, 1.165) is 25.7 Å². The maximum absolute atomic E-state index is 11.7. The lowest BCUT2D eigenvalue weighted by molar-refractivity contribution is -0.129. The number of carbonyl (C=O) groups is 1. The van der Waals surface area contributed by atoms with Gasteiger partial charge in [-0.05, 0) is 12.8 Å². The highest BCUT2D eigenvalue weighted by Crippen LogP contribution is 2.37. The van der Waals surface area contributed by atoms with Crippen LogP contribution in [0.5, 0.6) is 0 Å². The summed E-state index contributed by atoms with van der Waals surface area (Å²) in [6, 6.07) is 0. The van der Waals surface area contributed by atoms with Crippen molar-refractivity contribution >= 4 is 15.9 Å². The first-order valence-corrected chi connectivity index (χ1v) is 6.84. The molecular formula is C9H18N2O3S. The molecule has 1 aliphatic carbocycles. The maximum atomic E-state index is 11.7. The van der Waals surface area contributed by atoms with E-state index >= 15 is 0 Å². The molecule has 1 rings (SSSR count). The van der Waals surface area contributed by atoms with Gasteiger partial charge in [0.05, 0.1) is 5.75 Å². The smallest absolute Gasteiger partial charge is 0.225 e. The third-order valence-corrected chi connectivity index (χ3v) is 3.70. The van der Waals surface area contributed by atoms with E-state index in [0.29, 0.717) is 0 Å². The van der Waals surface area contributed by atoms with Gasteiger partial charge in [0.2, 0.25) is 15.9 Å². The lowest BCUT2D eigenvalue weighted by Gasteiger charge is -2.21. The van der Waals surface area contributed by atoms with Crippen LogP contribution in [0.4, 0.5) is 0 Å². The molecule has 0 aromatic heterocycles. The molecular weight excluding hydrogens is 216 g/mol. The average molecular weight is 234 g/mol. The van der Waals surface area contributed by atoms with Crippen molar-refractivity contribution in [3.05, 3.63) is 0 Å². The van der Waals surface area contributed by atoms with Crippen LogP contribution in [0.2, 0.25) is 0 Å². The van der Waals surface area contributed by atoms with Crippen molar-refractivity contribution in [3.63, 3.8) is 0 Å². The third kappa shape index (κ3) is 3.79. The largest absolute Gasteiger partial charge is 0.355 e. The predicted molar refractivity (Wildman–Crippen MR) is 57.6 cm³/mol. The molecule has 0 radical (unpaired) electrons. The Balaban J connectivity index is 2.36. The van der Waals surface area contributed by atoms with E-state index in [2.05, 4.69) is 5.32 Å². The van der Waals surface area contributed by atoms with Crippen molar-refractivity contribution < 1.29 is 13.2 Å². The Bertz CT molecular complexity index is 331. The van der Waals surface area contributed by atoms with Gasteiger partial charge in [-0.2, -0.15) is 0 Å². The second-order valence-electron chi connectivity index (χ2n) is 4.39. The molecule has 0 aromatic rings. The number of primary sulfonamides is 1. The molecule has 0 spiro atoms. The van der Waals surface area contributed by atoms with E-state index in [1.165, 1.54) is 0 Å². The van der Waals surface area contributed by atoms with Crippen LogP contribution in [0, 0.1) is 5.41 Å². The summed E-state index contributed by atoms with van der Waals surface area (Å²) in [5.74, 6) is -0.252. The lowest BCUT2D eigenvalue weighted by Crippen LogP contribution is -2.40. The zero-order valence-corrected chi connectivity index (χ0v) is 9.77. The second kappa shape index (κ2) is 4.49. The summed E-state index contributed by atoms with van der Waals surface area (Å²) in [4.78, 5) is 11.7. The molecule has 1 saturated carbocycles. The van der Waals surface area contributed by atoms with Crippen LogP contribution < -0.4 is 10.5 Å². The van der Waals surface area contributed by atoms with Crippen LogP contribution in [0.3, 0.4) is 0 Å². The van der Waals surface area contributed by atoms with Crippen molar-refractivity contribution in [2.45, 2.75) is 32.6 Å². The summed E-state index contributed by atoms with van der Waals surface area (Å²) >= 11 is 0. The lowest BCUT2D eigenvalue weighted by atomic mass is 9.88. The Kier molecular flexibility index (Phi) is 3.72. The molecule has 88 valence electrons. The van der Waals surface area contributed by atoms with E-state index in [-0.39, 0.29) is 23.6 Å².